The molecule has 1 N–H and O–H groups in total. The Hall–Kier alpha value is -3.77. The number of rotatable bonds is 6. The molecule has 0 spiro atoms. The van der Waals surface area contributed by atoms with Gasteiger partial charge in [-0.3, -0.25) is 0 Å². The van der Waals surface area contributed by atoms with E-state index in [-0.39, 0.29) is 11.9 Å². The number of hydrogen-bond donors (Lipinski definition) is 1. The first-order valence-corrected chi connectivity index (χ1v) is 9.81. The maximum atomic E-state index is 10.7. The summed E-state index contributed by atoms with van der Waals surface area (Å²) >= 11 is 0. The fraction of sp³-hybridized carbons (Fsp3) is 0.125. The van der Waals surface area contributed by atoms with E-state index in [0.717, 1.165) is 23.5 Å². The number of phenolic OH excluding ortho intramolecular Hbond substituents is 1. The Morgan fingerprint density at radius 1 is 0.900 bits per heavy atom. The van der Waals surface area contributed by atoms with E-state index in [1.807, 2.05) is 85.2 Å². The molecule has 1 aliphatic rings. The van der Waals surface area contributed by atoms with Gasteiger partial charge in [-0.1, -0.05) is 36.4 Å². The molecule has 3 aromatic carbocycles. The number of phenols is 1. The molecule has 0 saturated carbocycles. The molecule has 1 aromatic heterocycles. The Bertz CT molecular complexity index is 1110. The van der Waals surface area contributed by atoms with Gasteiger partial charge >= 0.3 is 0 Å². The fourth-order valence-corrected chi connectivity index (χ4v) is 3.20. The largest absolute Gasteiger partial charge is 0.507 e. The molecule has 1 aliphatic heterocycles. The minimum atomic E-state index is 0.148. The number of ether oxygens (including phenoxy) is 2. The molecule has 5 rings (SSSR count). The Morgan fingerprint density at radius 2 is 1.50 bits per heavy atom. The van der Waals surface area contributed by atoms with Crippen LogP contribution in [0.15, 0.2) is 91.3 Å². The molecule has 1 unspecified atom stereocenters. The van der Waals surface area contributed by atoms with Crippen LogP contribution in [0.1, 0.15) is 0 Å². The van der Waals surface area contributed by atoms with Crippen LogP contribution in [0.3, 0.4) is 0 Å². The number of aromatic nitrogens is 3. The van der Waals surface area contributed by atoms with Gasteiger partial charge in [0.2, 0.25) is 23.8 Å². The third-order valence-electron chi connectivity index (χ3n) is 4.88. The van der Waals surface area contributed by atoms with Crippen molar-refractivity contribution in [1.29, 1.82) is 0 Å². The van der Waals surface area contributed by atoms with Crippen molar-refractivity contribution in [1.82, 2.24) is 5.21 Å². The Morgan fingerprint density at radius 3 is 2.03 bits per heavy atom. The average molecular weight is 399 g/mol. The second-order valence-corrected chi connectivity index (χ2v) is 7.11. The SMILES string of the molecule is Oc1cc(OCC2CO2)ccc1-c1c[n+](-c2ccccc2)n[n+](-c2ccccc2)c1. The van der Waals surface area contributed by atoms with Gasteiger partial charge < -0.3 is 14.6 Å². The molecule has 0 bridgehead atoms. The number of epoxide rings is 1. The molecule has 1 fully saturated rings. The molecule has 1 saturated heterocycles. The van der Waals surface area contributed by atoms with E-state index in [9.17, 15) is 5.11 Å². The summed E-state index contributed by atoms with van der Waals surface area (Å²) in [5.41, 5.74) is 3.37. The van der Waals surface area contributed by atoms with Crippen molar-refractivity contribution in [3.05, 3.63) is 91.3 Å². The molecular formula is C24H21N3O3+2. The van der Waals surface area contributed by atoms with Crippen LogP contribution in [0.25, 0.3) is 22.5 Å². The van der Waals surface area contributed by atoms with Crippen LogP contribution in [0.5, 0.6) is 11.5 Å². The first-order chi connectivity index (χ1) is 14.8. The lowest BCUT2D eigenvalue weighted by Crippen LogP contribution is -2.50. The molecule has 6 nitrogen and oxygen atoms in total. The molecule has 0 radical (unpaired) electrons. The van der Waals surface area contributed by atoms with Crippen molar-refractivity contribution in [2.24, 2.45) is 0 Å². The van der Waals surface area contributed by atoms with Crippen LogP contribution < -0.4 is 14.1 Å². The lowest BCUT2D eigenvalue weighted by Gasteiger charge is -2.07. The summed E-state index contributed by atoms with van der Waals surface area (Å²) in [4.78, 5) is 0. The highest BCUT2D eigenvalue weighted by molar-refractivity contribution is 5.69. The van der Waals surface area contributed by atoms with Crippen LogP contribution >= 0.6 is 0 Å². The van der Waals surface area contributed by atoms with Crippen LogP contribution in [0, 0.1) is 0 Å². The van der Waals surface area contributed by atoms with E-state index in [1.165, 1.54) is 0 Å². The minimum absolute atomic E-state index is 0.148. The zero-order valence-electron chi connectivity index (χ0n) is 16.3. The van der Waals surface area contributed by atoms with Gasteiger partial charge in [0.05, 0.1) is 6.61 Å². The van der Waals surface area contributed by atoms with Gasteiger partial charge in [-0.2, -0.15) is 0 Å². The Labute approximate surface area is 174 Å². The van der Waals surface area contributed by atoms with Crippen LogP contribution in [-0.4, -0.2) is 29.6 Å². The summed E-state index contributed by atoms with van der Waals surface area (Å²) in [7, 11) is 0. The zero-order valence-corrected chi connectivity index (χ0v) is 16.3. The summed E-state index contributed by atoms with van der Waals surface area (Å²) in [6.45, 7) is 1.23. The highest BCUT2D eigenvalue weighted by Crippen LogP contribution is 2.31. The summed E-state index contributed by atoms with van der Waals surface area (Å²) in [6, 6.07) is 25.1. The van der Waals surface area contributed by atoms with Gasteiger partial charge in [0.15, 0.2) is 0 Å². The number of aromatic hydroxyl groups is 1. The molecule has 1 atom stereocenters. The van der Waals surface area contributed by atoms with Crippen molar-refractivity contribution in [3.63, 3.8) is 0 Å². The summed E-state index contributed by atoms with van der Waals surface area (Å²) in [5.74, 6) is 0.766. The molecule has 30 heavy (non-hydrogen) atoms. The van der Waals surface area contributed by atoms with Gasteiger partial charge in [0.25, 0.3) is 5.21 Å². The minimum Gasteiger partial charge on any atom is -0.507 e. The summed E-state index contributed by atoms with van der Waals surface area (Å²) in [6.07, 6.45) is 3.98. The van der Waals surface area contributed by atoms with E-state index in [4.69, 9.17) is 14.7 Å². The van der Waals surface area contributed by atoms with Gasteiger partial charge in [-0.15, -0.1) is 0 Å². The van der Waals surface area contributed by atoms with E-state index in [2.05, 4.69) is 0 Å². The maximum Gasteiger partial charge on any atom is 0.283 e. The molecular weight excluding hydrogens is 378 g/mol. The third kappa shape index (κ3) is 3.99. The highest BCUT2D eigenvalue weighted by Gasteiger charge is 2.24. The monoisotopic (exact) mass is 399 g/mol. The van der Waals surface area contributed by atoms with Gasteiger partial charge in [-0.25, -0.2) is 0 Å². The number of para-hydroxylation sites is 2. The zero-order chi connectivity index (χ0) is 20.3. The predicted octanol–water partition coefficient (Wildman–Crippen LogP) is 2.79. The summed E-state index contributed by atoms with van der Waals surface area (Å²) in [5, 5.41) is 15.4. The Kier molecular flexibility index (Phi) is 4.83. The first-order valence-electron chi connectivity index (χ1n) is 9.81. The van der Waals surface area contributed by atoms with Crippen molar-refractivity contribution in [3.8, 4) is 34.0 Å². The topological polar surface area (TPSA) is 62.6 Å². The van der Waals surface area contributed by atoms with Gasteiger partial charge in [0, 0.05) is 45.3 Å². The van der Waals surface area contributed by atoms with Crippen molar-refractivity contribution in [2.45, 2.75) is 6.10 Å². The lowest BCUT2D eigenvalue weighted by molar-refractivity contribution is -0.836. The molecule has 0 aliphatic carbocycles. The number of nitrogens with zero attached hydrogens (tertiary/aromatic N) is 3. The Balaban J connectivity index is 1.57. The molecule has 148 valence electrons. The fourth-order valence-electron chi connectivity index (χ4n) is 3.20. The van der Waals surface area contributed by atoms with Crippen LogP contribution in [-0.2, 0) is 4.74 Å². The normalized spacial score (nSPS) is 15.0. The van der Waals surface area contributed by atoms with E-state index in [1.54, 1.807) is 15.4 Å². The van der Waals surface area contributed by atoms with E-state index >= 15 is 0 Å². The highest BCUT2D eigenvalue weighted by atomic mass is 16.6. The smallest absolute Gasteiger partial charge is 0.283 e. The van der Waals surface area contributed by atoms with Gasteiger partial charge in [-0.05, 0) is 12.1 Å². The molecule has 2 heterocycles. The van der Waals surface area contributed by atoms with Crippen LogP contribution in [0.2, 0.25) is 0 Å². The lowest BCUT2D eigenvalue weighted by atomic mass is 10.1. The quantitative estimate of drug-likeness (QED) is 0.400. The van der Waals surface area contributed by atoms with Crippen LogP contribution in [0.4, 0.5) is 0 Å². The second kappa shape index (κ2) is 7.93. The van der Waals surface area contributed by atoms with Crippen molar-refractivity contribution < 1.29 is 23.9 Å². The molecule has 4 aromatic rings. The number of benzene rings is 3. The molecule has 0 amide bonds. The predicted molar refractivity (Wildman–Crippen MR) is 110 cm³/mol. The second-order valence-electron chi connectivity index (χ2n) is 7.11. The molecule has 6 heteroatoms. The van der Waals surface area contributed by atoms with Gasteiger partial charge in [0.1, 0.15) is 29.8 Å². The van der Waals surface area contributed by atoms with E-state index < -0.39 is 0 Å². The standard InChI is InChI=1S/C24H20N3O3/c28-24-13-21(29-16-22-17-30-22)11-12-23(24)18-14-26(19-7-3-1-4-8-19)25-27(15-18)20-9-5-2-6-10-20/h1-15,22H,16-17H2/q+1/p+1. The average Bonchev–Trinajstić information content (AvgIpc) is 3.63. The van der Waals surface area contributed by atoms with E-state index in [0.29, 0.717) is 17.9 Å². The van der Waals surface area contributed by atoms with Crippen molar-refractivity contribution >= 4 is 0 Å². The third-order valence-corrected chi connectivity index (χ3v) is 4.88. The van der Waals surface area contributed by atoms with Crippen molar-refractivity contribution in [2.75, 3.05) is 13.2 Å². The first kappa shape index (κ1) is 18.3. The number of hydrogen-bond acceptors (Lipinski definition) is 4. The summed E-state index contributed by atoms with van der Waals surface area (Å²) < 4.78 is 14.4. The maximum absolute atomic E-state index is 10.7.